The Hall–Kier alpha value is 1.14. The number of thiol groups is 2. The van der Waals surface area contributed by atoms with Gasteiger partial charge in [-0.25, -0.2) is 0 Å². The third kappa shape index (κ3) is 5.58. The Balaban J connectivity index is 0. The second-order valence-electron chi connectivity index (χ2n) is 1.50. The molecule has 0 saturated carbocycles. The van der Waals surface area contributed by atoms with Crippen molar-refractivity contribution in [2.45, 2.75) is 12.2 Å². The topological polar surface area (TPSA) is 40.5 Å². The Bertz CT molecular complexity index is 56.5. The standard InChI is InChI=1S/C4H10O2S2.Fe/c5-3(1-7)4(6)2-8;/h3-8H,1-2H2;/t3-,4-;/m1./s1. The van der Waals surface area contributed by atoms with Crippen LogP contribution in [-0.4, -0.2) is 33.9 Å². The molecule has 0 radical (unpaired) electrons. The van der Waals surface area contributed by atoms with Crippen LogP contribution in [0.2, 0.25) is 0 Å². The van der Waals surface area contributed by atoms with Crippen molar-refractivity contribution in [3.63, 3.8) is 0 Å². The van der Waals surface area contributed by atoms with Gasteiger partial charge in [-0.1, -0.05) is 0 Å². The Kier molecular flexibility index (Phi) is 10.3. The van der Waals surface area contributed by atoms with Gasteiger partial charge in [0.2, 0.25) is 0 Å². The van der Waals surface area contributed by atoms with Gasteiger partial charge < -0.3 is 10.2 Å². The van der Waals surface area contributed by atoms with E-state index in [1.165, 1.54) is 0 Å². The zero-order chi connectivity index (χ0) is 6.57. The molecule has 2 atom stereocenters. The molecule has 0 fully saturated rings. The van der Waals surface area contributed by atoms with Crippen molar-refractivity contribution in [3.05, 3.63) is 0 Å². The summed E-state index contributed by atoms with van der Waals surface area (Å²) >= 11 is 7.53. The molecule has 0 amide bonds. The smallest absolute Gasteiger partial charge is 0.0894 e. The molecule has 0 aromatic rings. The first-order valence-corrected chi connectivity index (χ1v) is 3.56. The second-order valence-corrected chi connectivity index (χ2v) is 2.23. The maximum Gasteiger partial charge on any atom is 0.0894 e. The van der Waals surface area contributed by atoms with Crippen molar-refractivity contribution in [3.8, 4) is 0 Å². The SMILES string of the molecule is O[C@H](CS)[C@H](O)CS.[Fe]. The number of aliphatic hydroxyl groups excluding tert-OH is 2. The minimum atomic E-state index is -0.740. The van der Waals surface area contributed by atoms with E-state index in [1.54, 1.807) is 0 Å². The average molecular weight is 210 g/mol. The molecule has 0 aliphatic heterocycles. The van der Waals surface area contributed by atoms with Gasteiger partial charge in [-0.15, -0.1) is 0 Å². The summed E-state index contributed by atoms with van der Waals surface area (Å²) in [5.41, 5.74) is 0. The summed E-state index contributed by atoms with van der Waals surface area (Å²) in [6.45, 7) is 0. The molecule has 9 heavy (non-hydrogen) atoms. The summed E-state index contributed by atoms with van der Waals surface area (Å²) in [5, 5.41) is 17.5. The fourth-order valence-electron chi connectivity index (χ4n) is 0.243. The molecule has 0 aliphatic carbocycles. The zero-order valence-corrected chi connectivity index (χ0v) is 7.60. The van der Waals surface area contributed by atoms with Crippen molar-refractivity contribution in [1.82, 2.24) is 0 Å². The van der Waals surface area contributed by atoms with Crippen molar-refractivity contribution < 1.29 is 27.3 Å². The monoisotopic (exact) mass is 210 g/mol. The molecule has 2 N–H and O–H groups in total. The van der Waals surface area contributed by atoms with Crippen molar-refractivity contribution >= 4 is 25.3 Å². The van der Waals surface area contributed by atoms with E-state index in [1.807, 2.05) is 0 Å². The summed E-state index contributed by atoms with van der Waals surface area (Å²) in [6.07, 6.45) is -1.48. The van der Waals surface area contributed by atoms with Crippen LogP contribution in [0.4, 0.5) is 0 Å². The molecular formula is C4H10FeO2S2. The summed E-state index contributed by atoms with van der Waals surface area (Å²) in [5.74, 6) is 0.559. The summed E-state index contributed by atoms with van der Waals surface area (Å²) < 4.78 is 0. The molecule has 0 saturated heterocycles. The molecule has 0 unspecified atom stereocenters. The molecule has 0 aliphatic rings. The molecule has 5 heteroatoms. The van der Waals surface area contributed by atoms with E-state index in [9.17, 15) is 0 Å². The van der Waals surface area contributed by atoms with Crippen LogP contribution in [-0.2, 0) is 17.1 Å². The third-order valence-electron chi connectivity index (χ3n) is 0.818. The minimum Gasteiger partial charge on any atom is -0.390 e. The normalized spacial score (nSPS) is 16.0. The van der Waals surface area contributed by atoms with Crippen LogP contribution in [0.15, 0.2) is 0 Å². The molecule has 0 aromatic carbocycles. The summed E-state index contributed by atoms with van der Waals surface area (Å²) in [6, 6.07) is 0. The number of hydrogen-bond donors (Lipinski definition) is 4. The Labute approximate surface area is 76.3 Å². The van der Waals surface area contributed by atoms with Crippen LogP contribution in [0, 0.1) is 0 Å². The quantitative estimate of drug-likeness (QED) is 0.377. The predicted molar refractivity (Wildman–Crippen MR) is 39.7 cm³/mol. The van der Waals surface area contributed by atoms with Crippen LogP contribution in [0.3, 0.4) is 0 Å². The van der Waals surface area contributed by atoms with Crippen LogP contribution in [0.1, 0.15) is 0 Å². The average Bonchev–Trinajstić information content (AvgIpc) is 1.84. The van der Waals surface area contributed by atoms with Gasteiger partial charge in [0, 0.05) is 28.6 Å². The molecule has 2 nitrogen and oxygen atoms in total. The van der Waals surface area contributed by atoms with Gasteiger partial charge in [0.05, 0.1) is 12.2 Å². The molecule has 0 aromatic heterocycles. The maximum absolute atomic E-state index is 8.75. The maximum atomic E-state index is 8.75. The van der Waals surface area contributed by atoms with Crippen molar-refractivity contribution in [2.24, 2.45) is 0 Å². The Morgan fingerprint density at radius 2 is 1.22 bits per heavy atom. The molecule has 0 spiro atoms. The van der Waals surface area contributed by atoms with Gasteiger partial charge in [-0.2, -0.15) is 25.3 Å². The summed E-state index contributed by atoms with van der Waals surface area (Å²) in [4.78, 5) is 0. The molecule has 0 heterocycles. The van der Waals surface area contributed by atoms with Crippen LogP contribution in [0.5, 0.6) is 0 Å². The zero-order valence-electron chi connectivity index (χ0n) is 4.71. The largest absolute Gasteiger partial charge is 0.390 e. The van der Waals surface area contributed by atoms with Gasteiger partial charge in [0.15, 0.2) is 0 Å². The van der Waals surface area contributed by atoms with E-state index in [4.69, 9.17) is 10.2 Å². The van der Waals surface area contributed by atoms with E-state index >= 15 is 0 Å². The molecule has 0 bridgehead atoms. The summed E-state index contributed by atoms with van der Waals surface area (Å²) in [7, 11) is 0. The van der Waals surface area contributed by atoms with Crippen molar-refractivity contribution in [2.75, 3.05) is 11.5 Å². The van der Waals surface area contributed by atoms with Gasteiger partial charge >= 0.3 is 0 Å². The molecule has 58 valence electrons. The van der Waals surface area contributed by atoms with E-state index < -0.39 is 12.2 Å². The van der Waals surface area contributed by atoms with E-state index in [0.717, 1.165) is 0 Å². The van der Waals surface area contributed by atoms with Gasteiger partial charge in [0.1, 0.15) is 0 Å². The Morgan fingerprint density at radius 3 is 1.33 bits per heavy atom. The van der Waals surface area contributed by atoms with E-state index in [2.05, 4.69) is 25.3 Å². The molecule has 0 rings (SSSR count). The number of aliphatic hydroxyl groups is 2. The minimum absolute atomic E-state index is 0. The van der Waals surface area contributed by atoms with Crippen LogP contribution in [0.25, 0.3) is 0 Å². The van der Waals surface area contributed by atoms with Crippen LogP contribution < -0.4 is 0 Å². The first kappa shape index (κ1) is 12.8. The number of hydrogen-bond acceptors (Lipinski definition) is 4. The van der Waals surface area contributed by atoms with Crippen molar-refractivity contribution in [1.29, 1.82) is 0 Å². The molecular weight excluding hydrogens is 200 g/mol. The van der Waals surface area contributed by atoms with Gasteiger partial charge in [-0.05, 0) is 0 Å². The van der Waals surface area contributed by atoms with Gasteiger partial charge in [-0.3, -0.25) is 0 Å². The van der Waals surface area contributed by atoms with E-state index in [-0.39, 0.29) is 28.6 Å². The van der Waals surface area contributed by atoms with E-state index in [0.29, 0.717) is 0 Å². The fraction of sp³-hybridized carbons (Fsp3) is 1.00. The predicted octanol–water partition coefficient (Wildman–Crippen LogP) is -0.435. The first-order chi connectivity index (χ1) is 3.72. The third-order valence-corrected chi connectivity index (χ3v) is 1.57. The second kappa shape index (κ2) is 7.25. The Morgan fingerprint density at radius 1 is 1.00 bits per heavy atom. The first-order valence-electron chi connectivity index (χ1n) is 2.30. The van der Waals surface area contributed by atoms with Crippen LogP contribution >= 0.6 is 25.3 Å². The number of rotatable bonds is 3. The fourth-order valence-corrected chi connectivity index (χ4v) is 0.730. The van der Waals surface area contributed by atoms with Gasteiger partial charge in [0.25, 0.3) is 0 Å².